The first-order chi connectivity index (χ1) is 12.8. The molecule has 0 unspecified atom stereocenters. The van der Waals surface area contributed by atoms with Gasteiger partial charge in [0, 0.05) is 15.6 Å². The van der Waals surface area contributed by atoms with Crippen LogP contribution in [0.3, 0.4) is 0 Å². The van der Waals surface area contributed by atoms with Crippen LogP contribution in [0.2, 0.25) is 0 Å². The number of benzene rings is 2. The minimum absolute atomic E-state index is 0.0328. The predicted molar refractivity (Wildman–Crippen MR) is 104 cm³/mol. The van der Waals surface area contributed by atoms with Gasteiger partial charge in [0.15, 0.2) is 17.4 Å². The van der Waals surface area contributed by atoms with Gasteiger partial charge >= 0.3 is 0 Å². The quantitative estimate of drug-likeness (QED) is 0.590. The number of rotatable bonds is 5. The number of hydrogen-bond acceptors (Lipinski definition) is 4. The van der Waals surface area contributed by atoms with Gasteiger partial charge in [-0.05, 0) is 53.6 Å². The van der Waals surface area contributed by atoms with E-state index in [1.54, 1.807) is 6.07 Å². The number of fused-ring (bicyclic) bond motifs is 1. The third kappa shape index (κ3) is 3.44. The molecule has 10 heteroatoms. The van der Waals surface area contributed by atoms with Crippen LogP contribution in [-0.2, 0) is 16.4 Å². The number of hydrogen-bond donors (Lipinski definition) is 2. The zero-order valence-corrected chi connectivity index (χ0v) is 16.8. The normalized spacial score (nSPS) is 16.0. The lowest BCUT2D eigenvalue weighted by Crippen LogP contribution is -2.19. The van der Waals surface area contributed by atoms with E-state index in [0.29, 0.717) is 16.4 Å². The van der Waals surface area contributed by atoms with E-state index in [-0.39, 0.29) is 35.7 Å². The first kappa shape index (κ1) is 18.7. The summed E-state index contributed by atoms with van der Waals surface area (Å²) in [5.74, 6) is -3.17. The minimum Gasteiger partial charge on any atom is -0.491 e. The highest BCUT2D eigenvalue weighted by Gasteiger charge is 2.38. The van der Waals surface area contributed by atoms with E-state index < -0.39 is 38.4 Å². The maximum absolute atomic E-state index is 14.8. The Balaban J connectivity index is 1.85. The number of halogens is 4. The van der Waals surface area contributed by atoms with E-state index in [2.05, 4.69) is 10.0 Å². The molecule has 1 saturated carbocycles. The van der Waals surface area contributed by atoms with Crippen molar-refractivity contribution in [2.75, 3.05) is 16.6 Å². The SMILES string of the molecule is O=S(=O)(Nc1c(Nc2ccc(I)cc2F)c(F)c(F)c2c1OCC2)C1CC1. The molecule has 0 aromatic heterocycles. The maximum atomic E-state index is 14.8. The molecule has 0 radical (unpaired) electrons. The van der Waals surface area contributed by atoms with Gasteiger partial charge in [-0.25, -0.2) is 21.6 Å². The summed E-state index contributed by atoms with van der Waals surface area (Å²) in [5.41, 5.74) is -0.878. The Bertz CT molecular complexity index is 1040. The van der Waals surface area contributed by atoms with E-state index in [1.165, 1.54) is 12.1 Å². The molecule has 0 atom stereocenters. The van der Waals surface area contributed by atoms with E-state index >= 15 is 0 Å². The number of sulfonamides is 1. The highest BCUT2D eigenvalue weighted by molar-refractivity contribution is 14.1. The van der Waals surface area contributed by atoms with Gasteiger partial charge in [0.1, 0.15) is 17.2 Å². The molecule has 144 valence electrons. The van der Waals surface area contributed by atoms with E-state index in [4.69, 9.17) is 4.74 Å². The summed E-state index contributed by atoms with van der Waals surface area (Å²) in [6, 6.07) is 4.16. The first-order valence-corrected chi connectivity index (χ1v) is 10.8. The van der Waals surface area contributed by atoms with Crippen LogP contribution in [0.15, 0.2) is 18.2 Å². The fourth-order valence-corrected chi connectivity index (χ4v) is 4.75. The molecule has 2 aliphatic rings. The zero-order chi connectivity index (χ0) is 19.3. The van der Waals surface area contributed by atoms with E-state index in [1.807, 2.05) is 22.6 Å². The standard InChI is InChI=1S/C17H14F3IN2O3S/c18-11-7-8(21)1-4-12(11)22-15-14(20)13(19)10-5-6-26-17(10)16(15)23-27(24,25)9-2-3-9/h1,4,7,9,22-23H,2-3,5-6H2. The Morgan fingerprint density at radius 3 is 2.52 bits per heavy atom. The topological polar surface area (TPSA) is 67.4 Å². The van der Waals surface area contributed by atoms with Crippen molar-refractivity contribution in [1.29, 1.82) is 0 Å². The van der Waals surface area contributed by atoms with Gasteiger partial charge < -0.3 is 10.1 Å². The summed E-state index contributed by atoms with van der Waals surface area (Å²) < 4.78 is 76.5. The third-order valence-electron chi connectivity index (χ3n) is 4.43. The summed E-state index contributed by atoms with van der Waals surface area (Å²) >= 11 is 1.91. The van der Waals surface area contributed by atoms with Crippen LogP contribution in [0.1, 0.15) is 18.4 Å². The van der Waals surface area contributed by atoms with Gasteiger partial charge in [-0.2, -0.15) is 0 Å². The molecule has 4 rings (SSSR count). The van der Waals surface area contributed by atoms with Crippen LogP contribution in [0.5, 0.6) is 5.75 Å². The minimum atomic E-state index is -3.78. The van der Waals surface area contributed by atoms with Gasteiger partial charge in [-0.15, -0.1) is 0 Å². The van der Waals surface area contributed by atoms with Crippen LogP contribution < -0.4 is 14.8 Å². The van der Waals surface area contributed by atoms with Crippen molar-refractivity contribution in [3.05, 3.63) is 44.8 Å². The Morgan fingerprint density at radius 1 is 1.11 bits per heavy atom. The molecule has 5 nitrogen and oxygen atoms in total. The average molecular weight is 510 g/mol. The van der Waals surface area contributed by atoms with Crippen LogP contribution in [0.25, 0.3) is 0 Å². The second-order valence-electron chi connectivity index (χ2n) is 6.38. The van der Waals surface area contributed by atoms with E-state index in [0.717, 1.165) is 0 Å². The molecule has 1 heterocycles. The molecule has 0 spiro atoms. The molecule has 2 aromatic carbocycles. The maximum Gasteiger partial charge on any atom is 0.235 e. The van der Waals surface area contributed by atoms with Gasteiger partial charge in [-0.3, -0.25) is 4.72 Å². The Kier molecular flexibility index (Phi) is 4.65. The lowest BCUT2D eigenvalue weighted by molar-refractivity contribution is 0.358. The lowest BCUT2D eigenvalue weighted by atomic mass is 10.1. The van der Waals surface area contributed by atoms with Crippen LogP contribution in [0, 0.1) is 21.0 Å². The fraction of sp³-hybridized carbons (Fsp3) is 0.294. The van der Waals surface area contributed by atoms with Gasteiger partial charge in [-0.1, -0.05) is 0 Å². The van der Waals surface area contributed by atoms with E-state index in [9.17, 15) is 21.6 Å². The summed E-state index contributed by atoms with van der Waals surface area (Å²) in [4.78, 5) is 0. The van der Waals surface area contributed by atoms with Crippen LogP contribution >= 0.6 is 22.6 Å². The summed E-state index contributed by atoms with van der Waals surface area (Å²) in [7, 11) is -3.78. The van der Waals surface area contributed by atoms with Gasteiger partial charge in [0.05, 0.1) is 17.5 Å². The smallest absolute Gasteiger partial charge is 0.235 e. The summed E-state index contributed by atoms with van der Waals surface area (Å²) in [5, 5.41) is 1.91. The van der Waals surface area contributed by atoms with Crippen molar-refractivity contribution in [2.24, 2.45) is 0 Å². The monoisotopic (exact) mass is 510 g/mol. The zero-order valence-electron chi connectivity index (χ0n) is 13.8. The second-order valence-corrected chi connectivity index (χ2v) is 9.59. The van der Waals surface area contributed by atoms with Crippen molar-refractivity contribution in [1.82, 2.24) is 0 Å². The number of nitrogens with one attached hydrogen (secondary N) is 2. The van der Waals surface area contributed by atoms with Crippen molar-refractivity contribution in [3.63, 3.8) is 0 Å². The van der Waals surface area contributed by atoms with Crippen LogP contribution in [0.4, 0.5) is 30.2 Å². The molecular weight excluding hydrogens is 496 g/mol. The molecule has 0 saturated heterocycles. The predicted octanol–water partition coefficient (Wildman–Crippen LogP) is 4.29. The van der Waals surface area contributed by atoms with Gasteiger partial charge in [0.2, 0.25) is 10.0 Å². The average Bonchev–Trinajstić information content (AvgIpc) is 3.36. The molecule has 2 N–H and O–H groups in total. The third-order valence-corrected chi connectivity index (χ3v) is 6.93. The largest absolute Gasteiger partial charge is 0.491 e. The lowest BCUT2D eigenvalue weighted by Gasteiger charge is -2.19. The second kappa shape index (κ2) is 6.73. The molecule has 1 aliphatic heterocycles. The summed E-state index contributed by atoms with van der Waals surface area (Å²) in [6.07, 6.45) is 1.11. The van der Waals surface area contributed by atoms with Crippen molar-refractivity contribution >= 4 is 49.7 Å². The Morgan fingerprint density at radius 2 is 1.85 bits per heavy atom. The Hall–Kier alpha value is -1.69. The van der Waals surface area contributed by atoms with Crippen molar-refractivity contribution in [2.45, 2.75) is 24.5 Å². The molecule has 0 bridgehead atoms. The summed E-state index contributed by atoms with van der Waals surface area (Å²) in [6.45, 7) is 0.102. The van der Waals surface area contributed by atoms with Gasteiger partial charge in [0.25, 0.3) is 0 Å². The van der Waals surface area contributed by atoms with Crippen molar-refractivity contribution in [3.8, 4) is 5.75 Å². The number of ether oxygens (including phenoxy) is 1. The Labute approximate surface area is 167 Å². The highest BCUT2D eigenvalue weighted by atomic mass is 127. The highest BCUT2D eigenvalue weighted by Crippen LogP contribution is 2.46. The fourth-order valence-electron chi connectivity index (χ4n) is 2.90. The van der Waals surface area contributed by atoms with Crippen molar-refractivity contribution < 1.29 is 26.3 Å². The first-order valence-electron chi connectivity index (χ1n) is 8.18. The molecule has 2 aromatic rings. The molecule has 1 fully saturated rings. The molecule has 0 amide bonds. The van der Waals surface area contributed by atoms with Crippen LogP contribution in [-0.4, -0.2) is 20.3 Å². The number of anilines is 3. The molecule has 27 heavy (non-hydrogen) atoms. The molecule has 1 aliphatic carbocycles. The molecular formula is C17H14F3IN2O3S.